The lowest BCUT2D eigenvalue weighted by Gasteiger charge is -2.26. The number of benzene rings is 2. The number of hydrogen-bond acceptors (Lipinski definition) is 4. The molecule has 0 aliphatic carbocycles. The molecule has 0 bridgehead atoms. The molecular formula is C20H17N3O2. The van der Waals surface area contributed by atoms with Crippen LogP contribution >= 0.6 is 0 Å². The Balaban J connectivity index is 1.77. The molecular weight excluding hydrogens is 314 g/mol. The van der Waals surface area contributed by atoms with E-state index in [1.54, 1.807) is 18.2 Å². The monoisotopic (exact) mass is 331 g/mol. The number of anilines is 2. The van der Waals surface area contributed by atoms with Crippen LogP contribution in [0.25, 0.3) is 0 Å². The fraction of sp³-hybridized carbons (Fsp3) is 0.100. The highest BCUT2D eigenvalue weighted by Gasteiger charge is 2.38. The van der Waals surface area contributed by atoms with Crippen LogP contribution in [0.15, 0.2) is 72.9 Å². The van der Waals surface area contributed by atoms with Gasteiger partial charge in [-0.1, -0.05) is 30.3 Å². The summed E-state index contributed by atoms with van der Waals surface area (Å²) in [5.41, 5.74) is 2.49. The highest BCUT2D eigenvalue weighted by Crippen LogP contribution is 2.37. The number of nitrogens with one attached hydrogen (secondary N) is 1. The first-order valence-corrected chi connectivity index (χ1v) is 8.02. The molecule has 1 aliphatic rings. The first-order valence-electron chi connectivity index (χ1n) is 8.02. The fourth-order valence-electron chi connectivity index (χ4n) is 3.06. The van der Waals surface area contributed by atoms with Crippen LogP contribution in [0, 0.1) is 0 Å². The summed E-state index contributed by atoms with van der Waals surface area (Å²) in [6.07, 6.45) is 1.36. The molecule has 1 amide bonds. The van der Waals surface area contributed by atoms with Gasteiger partial charge in [-0.2, -0.15) is 0 Å². The molecule has 124 valence electrons. The predicted molar refractivity (Wildman–Crippen MR) is 96.8 cm³/mol. The lowest BCUT2D eigenvalue weighted by molar-refractivity contribution is 0.0992. The summed E-state index contributed by atoms with van der Waals surface area (Å²) in [4.78, 5) is 19.0. The van der Waals surface area contributed by atoms with Crippen molar-refractivity contribution in [3.63, 3.8) is 0 Å². The fourth-order valence-corrected chi connectivity index (χ4v) is 3.06. The summed E-state index contributed by atoms with van der Waals surface area (Å²) in [6.45, 7) is 0. The molecule has 4 rings (SSSR count). The highest BCUT2D eigenvalue weighted by atomic mass is 16.5. The smallest absolute Gasteiger partial charge is 0.261 e. The minimum Gasteiger partial charge on any atom is -0.497 e. The Morgan fingerprint density at radius 3 is 2.68 bits per heavy atom. The van der Waals surface area contributed by atoms with Gasteiger partial charge in [0.1, 0.15) is 17.7 Å². The molecule has 25 heavy (non-hydrogen) atoms. The Morgan fingerprint density at radius 2 is 1.88 bits per heavy atom. The molecule has 5 heteroatoms. The number of hydrogen-bond donors (Lipinski definition) is 1. The zero-order chi connectivity index (χ0) is 17.2. The van der Waals surface area contributed by atoms with Crippen molar-refractivity contribution in [1.82, 2.24) is 4.98 Å². The standard InChI is InChI=1S/C20H17N3O2/c1-25-15-8-6-7-14(13-15)22-19-16-9-2-3-10-17(16)20(24)23(19)18-11-4-5-12-21-18/h2-13,19,22H,1H3. The Morgan fingerprint density at radius 1 is 1.04 bits per heavy atom. The lowest BCUT2D eigenvalue weighted by Crippen LogP contribution is -2.32. The molecule has 0 fully saturated rings. The molecule has 1 atom stereocenters. The van der Waals surface area contributed by atoms with Crippen LogP contribution in [0.3, 0.4) is 0 Å². The van der Waals surface area contributed by atoms with Crippen molar-refractivity contribution < 1.29 is 9.53 Å². The number of ether oxygens (including phenoxy) is 1. The van der Waals surface area contributed by atoms with Crippen LogP contribution in [0.1, 0.15) is 22.1 Å². The van der Waals surface area contributed by atoms with Gasteiger partial charge >= 0.3 is 0 Å². The minimum absolute atomic E-state index is 0.0605. The van der Waals surface area contributed by atoms with E-state index in [0.717, 1.165) is 17.0 Å². The van der Waals surface area contributed by atoms with Crippen LogP contribution in [0.4, 0.5) is 11.5 Å². The van der Waals surface area contributed by atoms with Crippen molar-refractivity contribution >= 4 is 17.4 Å². The van der Waals surface area contributed by atoms with E-state index in [1.165, 1.54) is 0 Å². The molecule has 5 nitrogen and oxygen atoms in total. The first-order chi connectivity index (χ1) is 12.3. The van der Waals surface area contributed by atoms with Gasteiger partial charge in [-0.25, -0.2) is 4.98 Å². The zero-order valence-corrected chi connectivity index (χ0v) is 13.7. The van der Waals surface area contributed by atoms with Crippen molar-refractivity contribution in [2.24, 2.45) is 0 Å². The second-order valence-electron chi connectivity index (χ2n) is 5.73. The number of amides is 1. The molecule has 0 saturated heterocycles. The molecule has 1 N–H and O–H groups in total. The van der Waals surface area contributed by atoms with Crippen LogP contribution in [0.2, 0.25) is 0 Å². The molecule has 2 aromatic carbocycles. The van der Waals surface area contributed by atoms with Crippen molar-refractivity contribution in [1.29, 1.82) is 0 Å². The molecule has 2 heterocycles. The number of pyridine rings is 1. The number of methoxy groups -OCH3 is 1. The minimum atomic E-state index is -0.328. The molecule has 0 radical (unpaired) electrons. The summed E-state index contributed by atoms with van der Waals surface area (Å²) in [5, 5.41) is 3.44. The van der Waals surface area contributed by atoms with Crippen LogP contribution < -0.4 is 15.0 Å². The van der Waals surface area contributed by atoms with E-state index < -0.39 is 0 Å². The third-order valence-corrected chi connectivity index (χ3v) is 4.23. The van der Waals surface area contributed by atoms with E-state index in [2.05, 4.69) is 10.3 Å². The maximum Gasteiger partial charge on any atom is 0.261 e. The summed E-state index contributed by atoms with van der Waals surface area (Å²) in [5.74, 6) is 1.31. The van der Waals surface area contributed by atoms with Crippen LogP contribution in [-0.4, -0.2) is 18.0 Å². The Bertz CT molecular complexity index is 912. The maximum absolute atomic E-state index is 12.9. The highest BCUT2D eigenvalue weighted by molar-refractivity contribution is 6.10. The van der Waals surface area contributed by atoms with Gasteiger partial charge in [-0.3, -0.25) is 9.69 Å². The zero-order valence-electron chi connectivity index (χ0n) is 13.7. The first kappa shape index (κ1) is 15.2. The summed E-state index contributed by atoms with van der Waals surface area (Å²) < 4.78 is 5.29. The number of rotatable bonds is 4. The largest absolute Gasteiger partial charge is 0.497 e. The molecule has 1 aromatic heterocycles. The lowest BCUT2D eigenvalue weighted by atomic mass is 10.1. The van der Waals surface area contributed by atoms with Gasteiger partial charge < -0.3 is 10.1 Å². The van der Waals surface area contributed by atoms with Crippen molar-refractivity contribution in [3.05, 3.63) is 84.1 Å². The molecule has 1 unspecified atom stereocenters. The number of nitrogens with zero attached hydrogens (tertiary/aromatic N) is 2. The summed E-state index contributed by atoms with van der Waals surface area (Å²) in [6, 6.07) is 20.8. The third kappa shape index (κ3) is 2.70. The maximum atomic E-state index is 12.9. The number of carbonyl (C=O) groups is 1. The molecule has 0 spiro atoms. The second kappa shape index (κ2) is 6.28. The Kier molecular flexibility index (Phi) is 3.82. The van der Waals surface area contributed by atoms with Gasteiger partial charge in [0.2, 0.25) is 0 Å². The van der Waals surface area contributed by atoms with Crippen molar-refractivity contribution in [2.45, 2.75) is 6.17 Å². The van der Waals surface area contributed by atoms with Crippen LogP contribution in [-0.2, 0) is 0 Å². The number of fused-ring (bicyclic) bond motifs is 1. The van der Waals surface area contributed by atoms with E-state index in [-0.39, 0.29) is 12.1 Å². The van der Waals surface area contributed by atoms with Gasteiger partial charge in [-0.15, -0.1) is 0 Å². The van der Waals surface area contributed by atoms with Gasteiger partial charge in [0, 0.05) is 29.1 Å². The Hall–Kier alpha value is -3.34. The predicted octanol–water partition coefficient (Wildman–Crippen LogP) is 3.86. The van der Waals surface area contributed by atoms with Crippen LogP contribution in [0.5, 0.6) is 5.75 Å². The van der Waals surface area contributed by atoms with E-state index in [0.29, 0.717) is 11.4 Å². The normalized spacial score (nSPS) is 15.8. The van der Waals surface area contributed by atoms with Gasteiger partial charge in [0.25, 0.3) is 5.91 Å². The summed E-state index contributed by atoms with van der Waals surface area (Å²) in [7, 11) is 1.63. The Labute approximate surface area is 145 Å². The van der Waals surface area contributed by atoms with Crippen molar-refractivity contribution in [2.75, 3.05) is 17.3 Å². The van der Waals surface area contributed by atoms with Gasteiger partial charge in [0.05, 0.1) is 7.11 Å². The van der Waals surface area contributed by atoms with Gasteiger partial charge in [-0.05, 0) is 30.3 Å². The number of carbonyl (C=O) groups excluding carboxylic acids is 1. The molecule has 0 saturated carbocycles. The average Bonchev–Trinajstić information content (AvgIpc) is 2.95. The molecule has 1 aliphatic heterocycles. The van der Waals surface area contributed by atoms with Gasteiger partial charge in [0.15, 0.2) is 0 Å². The summed E-state index contributed by atoms with van der Waals surface area (Å²) >= 11 is 0. The van der Waals surface area contributed by atoms with E-state index in [9.17, 15) is 4.79 Å². The topological polar surface area (TPSA) is 54.5 Å². The van der Waals surface area contributed by atoms with E-state index >= 15 is 0 Å². The average molecular weight is 331 g/mol. The van der Waals surface area contributed by atoms with E-state index in [4.69, 9.17) is 4.74 Å². The number of aromatic nitrogens is 1. The van der Waals surface area contributed by atoms with E-state index in [1.807, 2.05) is 66.7 Å². The second-order valence-corrected chi connectivity index (χ2v) is 5.73. The third-order valence-electron chi connectivity index (χ3n) is 4.23. The van der Waals surface area contributed by atoms with Crippen molar-refractivity contribution in [3.8, 4) is 5.75 Å². The quantitative estimate of drug-likeness (QED) is 0.789. The SMILES string of the molecule is COc1cccc(NC2c3ccccc3C(=O)N2c2ccccn2)c1. The molecule has 3 aromatic rings.